The lowest BCUT2D eigenvalue weighted by molar-refractivity contribution is 0.0879. The van der Waals surface area contributed by atoms with Crippen LogP contribution in [0.3, 0.4) is 0 Å². The van der Waals surface area contributed by atoms with Gasteiger partial charge >= 0.3 is 5.63 Å². The third-order valence-corrected chi connectivity index (χ3v) is 6.09. The van der Waals surface area contributed by atoms with Crippen LogP contribution in [-0.2, 0) is 19.5 Å². The lowest BCUT2D eigenvalue weighted by Gasteiger charge is -2.30. The van der Waals surface area contributed by atoms with Gasteiger partial charge in [0.25, 0.3) is 0 Å². The minimum absolute atomic E-state index is 0.309. The Labute approximate surface area is 193 Å². The van der Waals surface area contributed by atoms with Crippen molar-refractivity contribution in [1.82, 2.24) is 4.90 Å². The predicted molar refractivity (Wildman–Crippen MR) is 127 cm³/mol. The van der Waals surface area contributed by atoms with Crippen molar-refractivity contribution in [1.29, 1.82) is 0 Å². The molecule has 0 radical (unpaired) electrons. The number of hydrogen-bond donors (Lipinski definition) is 0. The summed E-state index contributed by atoms with van der Waals surface area (Å²) in [6.45, 7) is 5.91. The zero-order valence-electron chi connectivity index (χ0n) is 19.9. The van der Waals surface area contributed by atoms with Crippen molar-refractivity contribution in [3.05, 3.63) is 56.9 Å². The van der Waals surface area contributed by atoms with E-state index in [1.807, 2.05) is 19.1 Å². The summed E-state index contributed by atoms with van der Waals surface area (Å²) in [4.78, 5) is 14.4. The standard InChI is InChI=1S/C26H31NO6/c1-6-7-8-18-12-23(28)33-25-16(2)24-19(11-20(18)25)14-27(15-32-24)13-17-9-21(29-3)26(31-5)22(10-17)30-4/h9-12H,6-8,13-15H2,1-5H3. The number of ether oxygens (including phenoxy) is 4. The molecule has 33 heavy (non-hydrogen) atoms. The van der Waals surface area contributed by atoms with E-state index in [1.54, 1.807) is 27.4 Å². The monoisotopic (exact) mass is 453 g/mol. The molecular weight excluding hydrogens is 422 g/mol. The molecule has 7 heteroatoms. The largest absolute Gasteiger partial charge is 0.493 e. The smallest absolute Gasteiger partial charge is 0.336 e. The summed E-state index contributed by atoms with van der Waals surface area (Å²) in [6, 6.07) is 7.66. The third kappa shape index (κ3) is 4.50. The van der Waals surface area contributed by atoms with E-state index < -0.39 is 0 Å². The van der Waals surface area contributed by atoms with Crippen molar-refractivity contribution in [2.24, 2.45) is 0 Å². The van der Waals surface area contributed by atoms with E-state index in [-0.39, 0.29) is 5.63 Å². The maximum Gasteiger partial charge on any atom is 0.336 e. The van der Waals surface area contributed by atoms with E-state index in [1.165, 1.54) is 0 Å². The fourth-order valence-corrected chi connectivity index (χ4v) is 4.49. The first-order chi connectivity index (χ1) is 16.0. The van der Waals surface area contributed by atoms with Crippen LogP contribution in [0.1, 0.15) is 42.0 Å². The average molecular weight is 454 g/mol. The lowest BCUT2D eigenvalue weighted by Crippen LogP contribution is -2.32. The van der Waals surface area contributed by atoms with E-state index in [0.717, 1.165) is 59.2 Å². The quantitative estimate of drug-likeness (QED) is 0.453. The Hall–Kier alpha value is -3.19. The lowest BCUT2D eigenvalue weighted by atomic mass is 9.98. The number of fused-ring (bicyclic) bond motifs is 2. The predicted octanol–water partition coefficient (Wildman–Crippen LogP) is 4.82. The minimum Gasteiger partial charge on any atom is -0.493 e. The van der Waals surface area contributed by atoms with Gasteiger partial charge in [-0.15, -0.1) is 0 Å². The van der Waals surface area contributed by atoms with Crippen molar-refractivity contribution in [2.45, 2.75) is 46.2 Å². The molecule has 1 aromatic heterocycles. The van der Waals surface area contributed by atoms with Crippen LogP contribution < -0.4 is 24.6 Å². The molecule has 2 aromatic carbocycles. The fraction of sp³-hybridized carbons (Fsp3) is 0.423. The number of hydrogen-bond acceptors (Lipinski definition) is 7. The molecule has 2 heterocycles. The molecule has 0 saturated carbocycles. The van der Waals surface area contributed by atoms with Crippen molar-refractivity contribution in [3.63, 3.8) is 0 Å². The highest BCUT2D eigenvalue weighted by Crippen LogP contribution is 2.40. The average Bonchev–Trinajstić information content (AvgIpc) is 2.82. The van der Waals surface area contributed by atoms with Crippen molar-refractivity contribution in [2.75, 3.05) is 28.1 Å². The molecule has 0 amide bonds. The Kier molecular flexibility index (Phi) is 6.79. The Morgan fingerprint density at radius 1 is 1.03 bits per heavy atom. The van der Waals surface area contributed by atoms with Gasteiger partial charge in [-0.25, -0.2) is 4.79 Å². The zero-order chi connectivity index (χ0) is 23.5. The summed E-state index contributed by atoms with van der Waals surface area (Å²) in [7, 11) is 4.83. The highest BCUT2D eigenvalue weighted by Gasteiger charge is 2.24. The minimum atomic E-state index is -0.309. The van der Waals surface area contributed by atoms with E-state index in [9.17, 15) is 4.79 Å². The second-order valence-corrected chi connectivity index (χ2v) is 8.35. The van der Waals surface area contributed by atoms with E-state index in [2.05, 4.69) is 17.9 Å². The van der Waals surface area contributed by atoms with Gasteiger partial charge in [0.1, 0.15) is 18.1 Å². The Bertz CT molecular complexity index is 1190. The Morgan fingerprint density at radius 2 is 1.76 bits per heavy atom. The number of nitrogens with zero attached hydrogens (tertiary/aromatic N) is 1. The van der Waals surface area contributed by atoms with Gasteiger partial charge in [-0.05, 0) is 49.1 Å². The first-order valence-corrected chi connectivity index (χ1v) is 11.2. The molecule has 1 aliphatic heterocycles. The van der Waals surface area contributed by atoms with E-state index in [4.69, 9.17) is 23.4 Å². The molecule has 0 unspecified atom stereocenters. The van der Waals surface area contributed by atoms with Crippen LogP contribution in [0.25, 0.3) is 11.0 Å². The van der Waals surface area contributed by atoms with Crippen LogP contribution in [0, 0.1) is 6.92 Å². The summed E-state index contributed by atoms with van der Waals surface area (Å²) in [5.74, 6) is 2.64. The molecule has 0 fully saturated rings. The molecule has 0 spiro atoms. The van der Waals surface area contributed by atoms with Gasteiger partial charge in [-0.2, -0.15) is 0 Å². The summed E-state index contributed by atoms with van der Waals surface area (Å²) in [5.41, 5.74) is 4.36. The Balaban J connectivity index is 1.66. The molecule has 3 aromatic rings. The summed E-state index contributed by atoms with van der Waals surface area (Å²) >= 11 is 0. The number of methoxy groups -OCH3 is 3. The topological polar surface area (TPSA) is 70.4 Å². The zero-order valence-corrected chi connectivity index (χ0v) is 19.9. The highest BCUT2D eigenvalue weighted by molar-refractivity contribution is 5.86. The molecule has 0 N–H and O–H groups in total. The van der Waals surface area contributed by atoms with Gasteiger partial charge in [-0.1, -0.05) is 13.3 Å². The number of benzene rings is 2. The first kappa shape index (κ1) is 23.0. The first-order valence-electron chi connectivity index (χ1n) is 11.2. The molecule has 0 bridgehead atoms. The highest BCUT2D eigenvalue weighted by atomic mass is 16.5. The van der Waals surface area contributed by atoms with Gasteiger partial charge in [0.05, 0.1) is 21.3 Å². The van der Waals surface area contributed by atoms with Crippen LogP contribution in [0.4, 0.5) is 0 Å². The van der Waals surface area contributed by atoms with Gasteiger partial charge in [0, 0.05) is 35.7 Å². The van der Waals surface area contributed by atoms with Crippen LogP contribution in [0.5, 0.6) is 23.0 Å². The van der Waals surface area contributed by atoms with Crippen LogP contribution in [0.15, 0.2) is 33.5 Å². The summed E-state index contributed by atoms with van der Waals surface area (Å²) in [6.07, 6.45) is 2.95. The normalized spacial score (nSPS) is 13.5. The Morgan fingerprint density at radius 3 is 2.39 bits per heavy atom. The second kappa shape index (κ2) is 9.75. The summed E-state index contributed by atoms with van der Waals surface area (Å²) < 4.78 is 28.1. The molecule has 0 atom stereocenters. The molecule has 1 aliphatic rings. The molecule has 4 rings (SSSR count). The van der Waals surface area contributed by atoms with Crippen molar-refractivity contribution >= 4 is 11.0 Å². The number of unbranched alkanes of at least 4 members (excludes halogenated alkanes) is 1. The van der Waals surface area contributed by atoms with Crippen LogP contribution in [-0.4, -0.2) is 33.0 Å². The van der Waals surface area contributed by atoms with Gasteiger partial charge < -0.3 is 23.4 Å². The molecular formula is C26H31NO6. The molecule has 176 valence electrons. The molecule has 0 aliphatic carbocycles. The van der Waals surface area contributed by atoms with E-state index in [0.29, 0.717) is 36.1 Å². The maximum atomic E-state index is 12.1. The van der Waals surface area contributed by atoms with Crippen LogP contribution in [0.2, 0.25) is 0 Å². The SMILES string of the molecule is CCCCc1cc(=O)oc2c(C)c3c(cc12)CN(Cc1cc(OC)c(OC)c(OC)c1)CO3. The maximum absolute atomic E-state index is 12.1. The molecule has 7 nitrogen and oxygen atoms in total. The third-order valence-electron chi connectivity index (χ3n) is 6.09. The van der Waals surface area contributed by atoms with E-state index >= 15 is 0 Å². The van der Waals surface area contributed by atoms with Crippen molar-refractivity contribution in [3.8, 4) is 23.0 Å². The van der Waals surface area contributed by atoms with Gasteiger partial charge in [0.2, 0.25) is 5.75 Å². The fourth-order valence-electron chi connectivity index (χ4n) is 4.49. The van der Waals surface area contributed by atoms with Gasteiger partial charge in [0.15, 0.2) is 11.5 Å². The van der Waals surface area contributed by atoms with Crippen molar-refractivity contribution < 1.29 is 23.4 Å². The molecule has 0 saturated heterocycles. The number of rotatable bonds is 8. The van der Waals surface area contributed by atoms with Crippen LogP contribution >= 0.6 is 0 Å². The second-order valence-electron chi connectivity index (χ2n) is 8.35. The summed E-state index contributed by atoms with van der Waals surface area (Å²) in [5, 5.41) is 0.998. The van der Waals surface area contributed by atoms with Gasteiger partial charge in [-0.3, -0.25) is 4.90 Å². The number of aryl methyl sites for hydroxylation is 2.